The molecule has 8 heteroatoms. The van der Waals surface area contributed by atoms with Gasteiger partial charge in [-0.05, 0) is 31.5 Å². The molecule has 0 fully saturated rings. The fourth-order valence-corrected chi connectivity index (χ4v) is 4.51. The lowest BCUT2D eigenvalue weighted by molar-refractivity contribution is -0.147. The number of esters is 1. The topological polar surface area (TPSA) is 78.0 Å². The lowest BCUT2D eigenvalue weighted by atomic mass is 10.1. The summed E-state index contributed by atoms with van der Waals surface area (Å²) in [6.07, 6.45) is -0.157. The van der Waals surface area contributed by atoms with Crippen molar-refractivity contribution in [3.05, 3.63) is 53.9 Å². The van der Waals surface area contributed by atoms with Gasteiger partial charge in [0.25, 0.3) is 5.91 Å². The zero-order valence-corrected chi connectivity index (χ0v) is 19.6. The van der Waals surface area contributed by atoms with Gasteiger partial charge >= 0.3 is 5.97 Å². The fraction of sp³-hybridized carbons (Fsp3) is 0.320. The maximum Gasteiger partial charge on any atom is 0.329 e. The molecule has 3 aromatic rings. The average molecular weight is 467 g/mol. The number of fused-ring (bicyclic) bond motifs is 1. The predicted octanol–water partition coefficient (Wildman–Crippen LogP) is 4.56. The zero-order chi connectivity index (χ0) is 23.4. The molecule has 7 nitrogen and oxygen atoms in total. The normalized spacial score (nSPS) is 16.2. The van der Waals surface area contributed by atoms with Crippen LogP contribution in [0.3, 0.4) is 0 Å². The van der Waals surface area contributed by atoms with Gasteiger partial charge in [0.05, 0.1) is 18.0 Å². The second-order valence-electron chi connectivity index (χ2n) is 7.65. The molecule has 0 saturated carbocycles. The van der Waals surface area contributed by atoms with Crippen LogP contribution in [0.25, 0.3) is 21.8 Å². The van der Waals surface area contributed by atoms with E-state index in [9.17, 15) is 9.59 Å². The van der Waals surface area contributed by atoms with E-state index in [2.05, 4.69) is 0 Å². The highest BCUT2D eigenvalue weighted by molar-refractivity contribution is 7.13. The molecule has 0 radical (unpaired) electrons. The van der Waals surface area contributed by atoms with Crippen LogP contribution in [-0.4, -0.2) is 49.3 Å². The van der Waals surface area contributed by atoms with Gasteiger partial charge in [-0.25, -0.2) is 9.78 Å². The first-order valence-corrected chi connectivity index (χ1v) is 11.7. The second kappa shape index (κ2) is 10.1. The summed E-state index contributed by atoms with van der Waals surface area (Å²) in [5, 5.41) is 2.89. The molecule has 0 N–H and O–H groups in total. The Hall–Kier alpha value is -3.23. The lowest BCUT2D eigenvalue weighted by Crippen LogP contribution is -2.52. The Balaban J connectivity index is 1.67. The molecule has 33 heavy (non-hydrogen) atoms. The largest absolute Gasteiger partial charge is 0.478 e. The maximum atomic E-state index is 13.2. The van der Waals surface area contributed by atoms with E-state index < -0.39 is 18.1 Å². The number of benzene rings is 2. The minimum absolute atomic E-state index is 0.128. The maximum absolute atomic E-state index is 13.2. The Morgan fingerprint density at radius 1 is 1.18 bits per heavy atom. The minimum atomic E-state index is -0.809. The SMILES string of the molecule is CCC1Oc2ccc(-c3csc(-c4ccccc4)n3)cc2N(C(C)C(=O)OCCOC)C1=O. The van der Waals surface area contributed by atoms with Crippen molar-refractivity contribution in [3.63, 3.8) is 0 Å². The first-order chi connectivity index (χ1) is 16.0. The summed E-state index contributed by atoms with van der Waals surface area (Å²) in [6, 6.07) is 14.8. The Morgan fingerprint density at radius 2 is 1.97 bits per heavy atom. The second-order valence-corrected chi connectivity index (χ2v) is 8.50. The van der Waals surface area contributed by atoms with E-state index in [-0.39, 0.29) is 12.5 Å². The van der Waals surface area contributed by atoms with E-state index in [1.54, 1.807) is 18.3 Å². The van der Waals surface area contributed by atoms with Gasteiger partial charge in [0, 0.05) is 23.6 Å². The molecule has 2 unspecified atom stereocenters. The fourth-order valence-electron chi connectivity index (χ4n) is 3.67. The summed E-state index contributed by atoms with van der Waals surface area (Å²) in [7, 11) is 1.54. The molecule has 2 aromatic carbocycles. The number of methoxy groups -OCH3 is 1. The van der Waals surface area contributed by atoms with Crippen LogP contribution in [-0.2, 0) is 19.1 Å². The van der Waals surface area contributed by atoms with Crippen molar-refractivity contribution >= 4 is 28.9 Å². The smallest absolute Gasteiger partial charge is 0.329 e. The first-order valence-electron chi connectivity index (χ1n) is 10.8. The van der Waals surface area contributed by atoms with Crippen LogP contribution in [0.15, 0.2) is 53.9 Å². The molecule has 1 aliphatic heterocycles. The van der Waals surface area contributed by atoms with Crippen molar-refractivity contribution in [2.75, 3.05) is 25.2 Å². The summed E-state index contributed by atoms with van der Waals surface area (Å²) < 4.78 is 16.2. The van der Waals surface area contributed by atoms with E-state index in [0.717, 1.165) is 21.8 Å². The van der Waals surface area contributed by atoms with Crippen LogP contribution in [0.4, 0.5) is 5.69 Å². The molecule has 0 spiro atoms. The van der Waals surface area contributed by atoms with E-state index in [1.807, 2.05) is 60.8 Å². The highest BCUT2D eigenvalue weighted by Crippen LogP contribution is 2.40. The van der Waals surface area contributed by atoms with Crippen molar-refractivity contribution < 1.29 is 23.8 Å². The minimum Gasteiger partial charge on any atom is -0.478 e. The van der Waals surface area contributed by atoms with Gasteiger partial charge in [0.15, 0.2) is 6.10 Å². The van der Waals surface area contributed by atoms with Gasteiger partial charge in [-0.15, -0.1) is 11.3 Å². The van der Waals surface area contributed by atoms with Crippen molar-refractivity contribution in [2.45, 2.75) is 32.4 Å². The standard InChI is InChI=1S/C25H26N2O5S/c1-4-21-24(28)27(16(2)25(29)31-13-12-30-3)20-14-18(10-11-22(20)32-21)19-15-33-23(26-19)17-8-6-5-7-9-17/h5-11,14-16,21H,4,12-13H2,1-3H3. The number of nitrogens with zero attached hydrogens (tertiary/aromatic N) is 2. The number of anilines is 1. The van der Waals surface area contributed by atoms with Crippen molar-refractivity contribution in [1.82, 2.24) is 4.98 Å². The van der Waals surface area contributed by atoms with E-state index in [4.69, 9.17) is 19.2 Å². The van der Waals surface area contributed by atoms with Crippen molar-refractivity contribution in [2.24, 2.45) is 0 Å². The van der Waals surface area contributed by atoms with Crippen molar-refractivity contribution in [1.29, 1.82) is 0 Å². The number of ether oxygens (including phenoxy) is 3. The van der Waals surface area contributed by atoms with Crippen LogP contribution in [0.2, 0.25) is 0 Å². The Kier molecular flexibility index (Phi) is 7.05. The number of hydrogen-bond acceptors (Lipinski definition) is 7. The summed E-state index contributed by atoms with van der Waals surface area (Å²) in [4.78, 5) is 32.1. The summed E-state index contributed by atoms with van der Waals surface area (Å²) in [5.74, 6) is -0.199. The highest BCUT2D eigenvalue weighted by atomic mass is 32.1. The van der Waals surface area contributed by atoms with Crippen LogP contribution in [0.5, 0.6) is 5.75 Å². The molecule has 0 bridgehead atoms. The number of rotatable bonds is 8. The molecule has 2 heterocycles. The van der Waals surface area contributed by atoms with E-state index >= 15 is 0 Å². The van der Waals surface area contributed by atoms with E-state index in [1.165, 1.54) is 12.0 Å². The Morgan fingerprint density at radius 3 is 2.70 bits per heavy atom. The average Bonchev–Trinajstić information content (AvgIpc) is 3.34. The molecule has 1 amide bonds. The summed E-state index contributed by atoms with van der Waals surface area (Å²) in [5.41, 5.74) is 3.21. The van der Waals surface area contributed by atoms with E-state index in [0.29, 0.717) is 24.5 Å². The number of carbonyl (C=O) groups excluding carboxylic acids is 2. The van der Waals surface area contributed by atoms with Gasteiger partial charge in [-0.1, -0.05) is 37.3 Å². The summed E-state index contributed by atoms with van der Waals surface area (Å²) in [6.45, 7) is 3.96. The third-order valence-corrected chi connectivity index (χ3v) is 6.34. The number of thiazole rings is 1. The molecule has 172 valence electrons. The summed E-state index contributed by atoms with van der Waals surface area (Å²) >= 11 is 1.55. The van der Waals surface area contributed by atoms with Gasteiger partial charge < -0.3 is 14.2 Å². The molecule has 1 aliphatic rings. The third-order valence-electron chi connectivity index (χ3n) is 5.45. The molecule has 1 aromatic heterocycles. The number of carbonyl (C=O) groups is 2. The molecular weight excluding hydrogens is 440 g/mol. The van der Waals surface area contributed by atoms with Crippen LogP contribution >= 0.6 is 11.3 Å². The highest BCUT2D eigenvalue weighted by Gasteiger charge is 2.39. The van der Waals surface area contributed by atoms with Gasteiger partial charge in [0.2, 0.25) is 0 Å². The van der Waals surface area contributed by atoms with Crippen molar-refractivity contribution in [3.8, 4) is 27.6 Å². The monoisotopic (exact) mass is 466 g/mol. The number of hydrogen-bond donors (Lipinski definition) is 0. The zero-order valence-electron chi connectivity index (χ0n) is 18.8. The molecule has 0 saturated heterocycles. The van der Waals surface area contributed by atoms with Crippen LogP contribution in [0.1, 0.15) is 20.3 Å². The quantitative estimate of drug-likeness (QED) is 0.358. The molecular formula is C25H26N2O5S. The Labute approximate surface area is 196 Å². The predicted molar refractivity (Wildman–Crippen MR) is 127 cm³/mol. The number of aromatic nitrogens is 1. The lowest BCUT2D eigenvalue weighted by Gasteiger charge is -2.37. The molecule has 4 rings (SSSR count). The molecule has 0 aliphatic carbocycles. The van der Waals surface area contributed by atoms with Gasteiger partial charge in [0.1, 0.15) is 23.4 Å². The number of amides is 1. The van der Waals surface area contributed by atoms with Gasteiger partial charge in [-0.3, -0.25) is 9.69 Å². The molecule has 2 atom stereocenters. The Bertz CT molecular complexity index is 1130. The first kappa shape index (κ1) is 22.9. The van der Waals surface area contributed by atoms with Gasteiger partial charge in [-0.2, -0.15) is 0 Å². The van der Waals surface area contributed by atoms with Crippen LogP contribution < -0.4 is 9.64 Å². The third kappa shape index (κ3) is 4.77. The van der Waals surface area contributed by atoms with Crippen LogP contribution in [0, 0.1) is 0 Å².